The number of benzene rings is 1. The summed E-state index contributed by atoms with van der Waals surface area (Å²) in [4.78, 5) is 4.00. The molecule has 0 atom stereocenters. The molecule has 1 aliphatic rings. The molecule has 0 bridgehead atoms. The molecular weight excluding hydrogens is 246 g/mol. The molecule has 17 heavy (non-hydrogen) atoms. The van der Waals surface area contributed by atoms with Gasteiger partial charge < -0.3 is 5.73 Å². The van der Waals surface area contributed by atoms with Gasteiger partial charge in [0, 0.05) is 12.0 Å². The van der Waals surface area contributed by atoms with Gasteiger partial charge in [0.15, 0.2) is 5.82 Å². The van der Waals surface area contributed by atoms with Crippen LogP contribution < -0.4 is 5.73 Å². The number of halogens is 3. The number of hydrogen-bond acceptors (Lipinski definition) is 1. The highest BCUT2D eigenvalue weighted by Gasteiger charge is 2.19. The van der Waals surface area contributed by atoms with E-state index in [0.29, 0.717) is 5.84 Å². The summed E-state index contributed by atoms with van der Waals surface area (Å²) < 4.78 is 26.3. The average molecular weight is 259 g/mol. The number of nitrogens with zero attached hydrogens (tertiary/aromatic N) is 1. The van der Waals surface area contributed by atoms with Gasteiger partial charge in [-0.3, -0.25) is 0 Å². The van der Waals surface area contributed by atoms with E-state index in [9.17, 15) is 8.78 Å². The zero-order valence-electron chi connectivity index (χ0n) is 9.22. The summed E-state index contributed by atoms with van der Waals surface area (Å²) in [6.45, 7) is 0. The van der Waals surface area contributed by atoms with Crippen LogP contribution in [0.2, 0.25) is 5.02 Å². The first-order valence-electron chi connectivity index (χ1n) is 5.56. The summed E-state index contributed by atoms with van der Waals surface area (Å²) in [6.07, 6.45) is 4.16. The number of nitrogens with two attached hydrogens (primary N) is 1. The van der Waals surface area contributed by atoms with E-state index in [-0.39, 0.29) is 16.6 Å². The third-order valence-electron chi connectivity index (χ3n) is 3.00. The van der Waals surface area contributed by atoms with Crippen molar-refractivity contribution >= 4 is 23.1 Å². The Balaban J connectivity index is 2.31. The van der Waals surface area contributed by atoms with Gasteiger partial charge >= 0.3 is 0 Å². The van der Waals surface area contributed by atoms with E-state index < -0.39 is 11.6 Å². The summed E-state index contributed by atoms with van der Waals surface area (Å²) in [5, 5.41) is -0.0524. The third-order valence-corrected chi connectivity index (χ3v) is 3.28. The van der Waals surface area contributed by atoms with Gasteiger partial charge in [-0.25, -0.2) is 13.8 Å². The van der Waals surface area contributed by atoms with Crippen molar-refractivity contribution in [3.8, 4) is 0 Å². The maximum atomic E-state index is 13.5. The predicted octanol–water partition coefficient (Wildman–Crippen LogP) is 3.80. The van der Waals surface area contributed by atoms with Crippen LogP contribution in [0.5, 0.6) is 0 Å². The summed E-state index contributed by atoms with van der Waals surface area (Å²) in [6, 6.07) is 1.79. The van der Waals surface area contributed by atoms with Crippen molar-refractivity contribution in [3.05, 3.63) is 28.8 Å². The third kappa shape index (κ3) is 2.75. The zero-order chi connectivity index (χ0) is 12.4. The molecule has 2 nitrogen and oxygen atoms in total. The van der Waals surface area contributed by atoms with Crippen LogP contribution in [0.3, 0.4) is 0 Å². The first kappa shape index (κ1) is 12.3. The zero-order valence-corrected chi connectivity index (χ0v) is 9.97. The van der Waals surface area contributed by atoms with Gasteiger partial charge in [0.05, 0.1) is 5.02 Å². The van der Waals surface area contributed by atoms with Crippen molar-refractivity contribution in [1.82, 2.24) is 0 Å². The molecule has 0 spiro atoms. The minimum absolute atomic E-state index is 0.0524. The van der Waals surface area contributed by atoms with E-state index in [0.717, 1.165) is 37.8 Å². The van der Waals surface area contributed by atoms with Crippen LogP contribution in [0.1, 0.15) is 25.7 Å². The largest absolute Gasteiger partial charge is 0.387 e. The number of hydrogen-bond donors (Lipinski definition) is 1. The van der Waals surface area contributed by atoms with Gasteiger partial charge in [-0.2, -0.15) is 0 Å². The molecule has 92 valence electrons. The molecule has 1 fully saturated rings. The highest BCUT2D eigenvalue weighted by atomic mass is 35.5. The summed E-state index contributed by atoms with van der Waals surface area (Å²) in [7, 11) is 0. The van der Waals surface area contributed by atoms with E-state index in [1.54, 1.807) is 0 Å². The second kappa shape index (κ2) is 5.00. The quantitative estimate of drug-likeness (QED) is 0.636. The Hall–Kier alpha value is -1.16. The maximum absolute atomic E-state index is 13.5. The van der Waals surface area contributed by atoms with Crippen molar-refractivity contribution in [1.29, 1.82) is 0 Å². The Morgan fingerprint density at radius 2 is 1.94 bits per heavy atom. The van der Waals surface area contributed by atoms with Crippen molar-refractivity contribution in [2.24, 2.45) is 16.6 Å². The minimum atomic E-state index is -0.782. The fourth-order valence-electron chi connectivity index (χ4n) is 2.08. The van der Waals surface area contributed by atoms with Gasteiger partial charge in [-0.15, -0.1) is 0 Å². The Kier molecular flexibility index (Phi) is 3.62. The van der Waals surface area contributed by atoms with Crippen LogP contribution in [0, 0.1) is 17.6 Å². The molecule has 0 saturated heterocycles. The normalized spacial score (nSPS) is 17.7. The molecule has 5 heteroatoms. The SMILES string of the molecule is NC(=Nc1c(F)cc(F)cc1Cl)C1CCCC1. The lowest BCUT2D eigenvalue weighted by Gasteiger charge is -2.09. The first-order valence-corrected chi connectivity index (χ1v) is 5.94. The Bertz CT molecular complexity index is 431. The molecule has 1 aromatic carbocycles. The van der Waals surface area contributed by atoms with E-state index in [2.05, 4.69) is 4.99 Å². The summed E-state index contributed by atoms with van der Waals surface area (Å²) in [5.74, 6) is -0.924. The molecule has 0 heterocycles. The second-order valence-corrected chi connectivity index (χ2v) is 4.64. The van der Waals surface area contributed by atoms with Gasteiger partial charge in [-0.1, -0.05) is 24.4 Å². The molecule has 1 aromatic rings. The van der Waals surface area contributed by atoms with Crippen molar-refractivity contribution in [3.63, 3.8) is 0 Å². The smallest absolute Gasteiger partial charge is 0.153 e. The molecule has 0 unspecified atom stereocenters. The lowest BCUT2D eigenvalue weighted by molar-refractivity contribution is 0.584. The molecule has 0 aliphatic heterocycles. The summed E-state index contributed by atoms with van der Waals surface area (Å²) in [5.41, 5.74) is 5.75. The number of rotatable bonds is 2. The molecule has 0 aromatic heterocycles. The molecule has 2 N–H and O–H groups in total. The Labute approximate surface area is 103 Å². The van der Waals surface area contributed by atoms with Crippen LogP contribution >= 0.6 is 11.6 Å². The topological polar surface area (TPSA) is 38.4 Å². The standard InChI is InChI=1S/C12H13ClF2N2/c13-9-5-8(14)6-10(15)11(9)17-12(16)7-3-1-2-4-7/h5-7H,1-4H2,(H2,16,17). The second-order valence-electron chi connectivity index (χ2n) is 4.24. The van der Waals surface area contributed by atoms with Gasteiger partial charge in [0.2, 0.25) is 0 Å². The summed E-state index contributed by atoms with van der Waals surface area (Å²) >= 11 is 5.74. The van der Waals surface area contributed by atoms with Gasteiger partial charge in [0.25, 0.3) is 0 Å². The number of amidine groups is 1. The molecule has 0 amide bonds. The highest BCUT2D eigenvalue weighted by molar-refractivity contribution is 6.33. The molecule has 1 saturated carbocycles. The monoisotopic (exact) mass is 258 g/mol. The lowest BCUT2D eigenvalue weighted by Crippen LogP contribution is -2.20. The maximum Gasteiger partial charge on any atom is 0.153 e. The van der Waals surface area contributed by atoms with Crippen LogP contribution in [0.4, 0.5) is 14.5 Å². The van der Waals surface area contributed by atoms with Crippen molar-refractivity contribution in [2.75, 3.05) is 0 Å². The van der Waals surface area contributed by atoms with Crippen LogP contribution in [-0.2, 0) is 0 Å². The van der Waals surface area contributed by atoms with E-state index in [4.69, 9.17) is 17.3 Å². The lowest BCUT2D eigenvalue weighted by atomic mass is 10.1. The molecule has 2 rings (SSSR count). The van der Waals surface area contributed by atoms with E-state index >= 15 is 0 Å². The van der Waals surface area contributed by atoms with Crippen molar-refractivity contribution in [2.45, 2.75) is 25.7 Å². The predicted molar refractivity (Wildman–Crippen MR) is 64.6 cm³/mol. The average Bonchev–Trinajstić information content (AvgIpc) is 2.76. The van der Waals surface area contributed by atoms with E-state index in [1.807, 2.05) is 0 Å². The van der Waals surface area contributed by atoms with Gasteiger partial charge in [-0.05, 0) is 18.9 Å². The first-order chi connectivity index (χ1) is 8.08. The molecule has 1 aliphatic carbocycles. The van der Waals surface area contributed by atoms with Crippen LogP contribution in [0.25, 0.3) is 0 Å². The van der Waals surface area contributed by atoms with Crippen LogP contribution in [-0.4, -0.2) is 5.84 Å². The highest BCUT2D eigenvalue weighted by Crippen LogP contribution is 2.31. The molecular formula is C12H13ClF2N2. The van der Waals surface area contributed by atoms with Crippen LogP contribution in [0.15, 0.2) is 17.1 Å². The van der Waals surface area contributed by atoms with Crippen molar-refractivity contribution < 1.29 is 8.78 Å². The Morgan fingerprint density at radius 1 is 1.29 bits per heavy atom. The fourth-order valence-corrected chi connectivity index (χ4v) is 2.32. The van der Waals surface area contributed by atoms with E-state index in [1.165, 1.54) is 0 Å². The number of aliphatic imine (C=N–C) groups is 1. The minimum Gasteiger partial charge on any atom is -0.387 e. The van der Waals surface area contributed by atoms with Gasteiger partial charge in [0.1, 0.15) is 17.3 Å². The Morgan fingerprint density at radius 3 is 2.53 bits per heavy atom. The fraction of sp³-hybridized carbons (Fsp3) is 0.417. The molecule has 0 radical (unpaired) electrons.